The van der Waals surface area contributed by atoms with Gasteiger partial charge in [-0.3, -0.25) is 28.1 Å². The molecule has 62 heavy (non-hydrogen) atoms. The molecule has 1 aliphatic heterocycles. The lowest BCUT2D eigenvalue weighted by molar-refractivity contribution is -0.347. The number of hydrogen-bond donors (Lipinski definition) is 6. The van der Waals surface area contributed by atoms with Crippen LogP contribution in [0.1, 0.15) is 78.4 Å². The van der Waals surface area contributed by atoms with Crippen molar-refractivity contribution in [3.05, 3.63) is 24.8 Å². The number of nitrogens with two attached hydrogens (primary N) is 1. The van der Waals surface area contributed by atoms with E-state index in [9.17, 15) is 63.0 Å². The topological polar surface area (TPSA) is 395 Å². The second kappa shape index (κ2) is 24.5. The Kier molecular flexibility index (Phi) is 21.2. The lowest BCUT2D eigenvalue weighted by Gasteiger charge is -2.36. The van der Waals surface area contributed by atoms with Gasteiger partial charge in [-0.2, -0.15) is 0 Å². The van der Waals surface area contributed by atoms with Crippen LogP contribution in [0, 0.1) is 5.41 Å². The molecule has 3 rings (SSSR count). The third-order valence-electron chi connectivity index (χ3n) is 8.94. The number of phosphoric acid groups is 3. The van der Waals surface area contributed by atoms with Crippen molar-refractivity contribution in [2.24, 2.45) is 5.41 Å². The van der Waals surface area contributed by atoms with Crippen LogP contribution in [0.15, 0.2) is 24.8 Å². The summed E-state index contributed by atoms with van der Waals surface area (Å²) in [5, 5.41) is 36.1. The van der Waals surface area contributed by atoms with E-state index in [1.165, 1.54) is 20.3 Å². The number of unbranched alkanes of at least 4 members (excludes halogenated alkanes) is 4. The first kappa shape index (κ1) is 53.6. The van der Waals surface area contributed by atoms with Crippen LogP contribution < -0.4 is 35.9 Å². The number of nitrogen functional groups attached to an aromatic ring is 1. The Balaban J connectivity index is 1.40. The van der Waals surface area contributed by atoms with E-state index in [0.717, 1.165) is 54.7 Å². The number of carbonyl (C=O) groups is 3. The summed E-state index contributed by atoms with van der Waals surface area (Å²) < 4.78 is 60.6. The van der Waals surface area contributed by atoms with E-state index in [0.29, 0.717) is 6.42 Å². The molecule has 2 amide bonds. The Labute approximate surface area is 361 Å². The van der Waals surface area contributed by atoms with Gasteiger partial charge in [-0.25, -0.2) is 19.3 Å². The van der Waals surface area contributed by atoms with Crippen LogP contribution in [0.25, 0.3) is 11.2 Å². The van der Waals surface area contributed by atoms with Crippen LogP contribution in [0.3, 0.4) is 0 Å². The molecule has 0 spiro atoms. The van der Waals surface area contributed by atoms with Gasteiger partial charge in [0.25, 0.3) is 15.6 Å². The van der Waals surface area contributed by atoms with Gasteiger partial charge < -0.3 is 74.1 Å². The minimum absolute atomic E-state index is 0.0256. The summed E-state index contributed by atoms with van der Waals surface area (Å²) in [6.07, 6.45) is 1.20. The predicted molar refractivity (Wildman–Crippen MR) is 211 cm³/mol. The standard InChI is InChI=1S/C33H56N7O18P3S/c1-4-5-6-7-8-9-10-11-21(41)16-24(43)62-15-14-35-23(42)12-13-36-31(46)28(45)33(2,3)18-55-61(52,53)58-60(50,51)54-17-22-27(57-59(47,48)49)26(44)32(56-22)40-20-39-25-29(34)37-19-38-30(25)40/h9-10,19-22,26-28,32,41,44-45H,4-8,11-18H2,1-3H3,(H,35,42)(H,36,46)(H,50,51)(H,52,53)(H2,34,37,38)(H2,47,48,49)/p-4/b10-9-/t21-,22+,26+,27+,28-,32+/m0/s1. The molecule has 2 unspecified atom stereocenters. The molecule has 25 nitrogen and oxygen atoms in total. The number of fused-ring (bicyclic) bond motifs is 1. The van der Waals surface area contributed by atoms with E-state index < -0.39 is 90.7 Å². The number of amides is 2. The SMILES string of the molecule is CCCCCC/C=C\C[C@H](O)CC(=O)SCCNC(=O)CCNC(=O)[C@H](O)C(C)(C)COP(=O)([O-])OP(=O)([O-])OC[C@H]1O[C@@H](n2cnc3c(N)ncnc32)[C@H](O)[C@@H]1OP(=O)([O-])[O-]. The Morgan fingerprint density at radius 2 is 1.74 bits per heavy atom. The second-order valence-electron chi connectivity index (χ2n) is 14.6. The highest BCUT2D eigenvalue weighted by Gasteiger charge is 2.47. The Bertz CT molecular complexity index is 1970. The summed E-state index contributed by atoms with van der Waals surface area (Å²) in [6, 6.07) is 0. The van der Waals surface area contributed by atoms with E-state index in [1.807, 2.05) is 12.2 Å². The molecule has 0 radical (unpaired) electrons. The van der Waals surface area contributed by atoms with Crippen molar-refractivity contribution >= 4 is 69.1 Å². The van der Waals surface area contributed by atoms with Crippen molar-refractivity contribution in [3.8, 4) is 0 Å². The van der Waals surface area contributed by atoms with Crippen LogP contribution in [0.2, 0.25) is 0 Å². The molecule has 1 saturated heterocycles. The number of carbonyl (C=O) groups excluding carboxylic acids is 3. The van der Waals surface area contributed by atoms with Gasteiger partial charge >= 0.3 is 0 Å². The summed E-state index contributed by atoms with van der Waals surface area (Å²) in [6.45, 7) is 2.10. The summed E-state index contributed by atoms with van der Waals surface area (Å²) in [4.78, 5) is 96.5. The lowest BCUT2D eigenvalue weighted by atomic mass is 9.87. The maximum absolute atomic E-state index is 12.6. The summed E-state index contributed by atoms with van der Waals surface area (Å²) >= 11 is 0.956. The molecular weight excluding hydrogens is 907 g/mol. The first-order chi connectivity index (χ1) is 28.9. The summed E-state index contributed by atoms with van der Waals surface area (Å²) in [5.74, 6) is -1.36. The van der Waals surface area contributed by atoms with E-state index >= 15 is 0 Å². The molecule has 352 valence electrons. The number of anilines is 1. The van der Waals surface area contributed by atoms with Gasteiger partial charge in [0, 0.05) is 37.1 Å². The predicted octanol–water partition coefficient (Wildman–Crippen LogP) is -1.20. The maximum Gasteiger partial charge on any atom is 0.274 e. The van der Waals surface area contributed by atoms with Crippen LogP contribution in [0.4, 0.5) is 5.82 Å². The van der Waals surface area contributed by atoms with Crippen LogP contribution in [0.5, 0.6) is 0 Å². The fourth-order valence-electron chi connectivity index (χ4n) is 5.67. The van der Waals surface area contributed by atoms with Crippen molar-refractivity contribution < 1.29 is 85.6 Å². The number of aliphatic hydroxyl groups excluding tert-OH is 3. The number of nitrogens with zero attached hydrogens (tertiary/aromatic N) is 4. The molecule has 1 fully saturated rings. The number of phosphoric ester groups is 3. The number of ether oxygens (including phenoxy) is 1. The molecule has 0 bridgehead atoms. The van der Waals surface area contributed by atoms with Gasteiger partial charge in [0.2, 0.25) is 11.8 Å². The zero-order chi connectivity index (χ0) is 46.3. The molecule has 3 heterocycles. The molecule has 0 aromatic carbocycles. The molecule has 2 aromatic rings. The van der Waals surface area contributed by atoms with Crippen LogP contribution >= 0.6 is 35.2 Å². The van der Waals surface area contributed by atoms with Crippen molar-refractivity contribution in [3.63, 3.8) is 0 Å². The largest absolute Gasteiger partial charge is 0.790 e. The molecular formula is C33H52N7O18P3S-4. The molecule has 7 N–H and O–H groups in total. The number of imidazole rings is 1. The third kappa shape index (κ3) is 18.0. The first-order valence-electron chi connectivity index (χ1n) is 19.3. The number of thioether (sulfide) groups is 1. The molecule has 0 saturated carbocycles. The van der Waals surface area contributed by atoms with Gasteiger partial charge in [0.1, 0.15) is 36.3 Å². The van der Waals surface area contributed by atoms with Crippen molar-refractivity contribution in [1.82, 2.24) is 30.2 Å². The molecule has 2 aromatic heterocycles. The Hall–Kier alpha value is -2.74. The minimum atomic E-state index is -5.93. The first-order valence-corrected chi connectivity index (χ1v) is 24.6. The average molecular weight is 960 g/mol. The van der Waals surface area contributed by atoms with Crippen LogP contribution in [-0.2, 0) is 50.7 Å². The Morgan fingerprint density at radius 3 is 2.44 bits per heavy atom. The van der Waals surface area contributed by atoms with E-state index in [1.54, 1.807) is 0 Å². The van der Waals surface area contributed by atoms with Gasteiger partial charge in [0.05, 0.1) is 33.5 Å². The van der Waals surface area contributed by atoms with Crippen molar-refractivity contribution in [2.75, 3.05) is 37.8 Å². The normalized spacial score (nSPS) is 21.4. The lowest BCUT2D eigenvalue weighted by Crippen LogP contribution is -2.46. The fraction of sp³-hybridized carbons (Fsp3) is 0.697. The van der Waals surface area contributed by atoms with E-state index in [-0.39, 0.29) is 53.8 Å². The van der Waals surface area contributed by atoms with Gasteiger partial charge in [-0.05, 0) is 19.3 Å². The number of allylic oxidation sites excluding steroid dienone is 1. The number of aliphatic hydroxyl groups is 3. The second-order valence-corrected chi connectivity index (χ2v) is 19.8. The van der Waals surface area contributed by atoms with E-state index in [2.05, 4.69) is 50.4 Å². The number of aromatic nitrogens is 4. The number of rotatable bonds is 28. The molecule has 0 aliphatic carbocycles. The average Bonchev–Trinajstić information content (AvgIpc) is 3.74. The highest BCUT2D eigenvalue weighted by Crippen LogP contribution is 2.56. The van der Waals surface area contributed by atoms with Crippen LogP contribution in [-0.4, -0.2) is 114 Å². The van der Waals surface area contributed by atoms with E-state index in [4.69, 9.17) is 10.5 Å². The van der Waals surface area contributed by atoms with Gasteiger partial charge in [-0.15, -0.1) is 0 Å². The number of hydrogen-bond acceptors (Lipinski definition) is 23. The zero-order valence-corrected chi connectivity index (χ0v) is 37.5. The fourth-order valence-corrected chi connectivity index (χ4v) is 9.14. The van der Waals surface area contributed by atoms with Gasteiger partial charge in [-0.1, -0.05) is 63.9 Å². The monoisotopic (exact) mass is 959 g/mol. The van der Waals surface area contributed by atoms with Crippen molar-refractivity contribution in [2.45, 2.75) is 109 Å². The quantitative estimate of drug-likeness (QED) is 0.0331. The maximum atomic E-state index is 12.6. The third-order valence-corrected chi connectivity index (χ3v) is 12.9. The smallest absolute Gasteiger partial charge is 0.274 e. The molecule has 29 heteroatoms. The van der Waals surface area contributed by atoms with Gasteiger partial charge in [0.15, 0.2) is 22.8 Å². The minimum Gasteiger partial charge on any atom is -0.790 e. The summed E-state index contributed by atoms with van der Waals surface area (Å²) in [5.41, 5.74) is 4.05. The Morgan fingerprint density at radius 1 is 1.03 bits per heavy atom. The summed E-state index contributed by atoms with van der Waals surface area (Å²) in [7, 11) is -17.6. The van der Waals surface area contributed by atoms with Crippen molar-refractivity contribution in [1.29, 1.82) is 0 Å². The highest BCUT2D eigenvalue weighted by molar-refractivity contribution is 8.13. The molecule has 1 aliphatic rings. The zero-order valence-electron chi connectivity index (χ0n) is 34.0. The highest BCUT2D eigenvalue weighted by atomic mass is 32.2. The molecule has 8 atom stereocenters. The number of nitrogens with one attached hydrogen (secondary N) is 2.